The van der Waals surface area contributed by atoms with Gasteiger partial charge in [-0.2, -0.15) is 0 Å². The molecular weight excluding hydrogens is 204 g/mol. The van der Waals surface area contributed by atoms with Crippen molar-refractivity contribution in [1.29, 1.82) is 0 Å². The Morgan fingerprint density at radius 2 is 2.07 bits per heavy atom. The van der Waals surface area contributed by atoms with Crippen molar-refractivity contribution in [2.75, 3.05) is 0 Å². The summed E-state index contributed by atoms with van der Waals surface area (Å²) in [7, 11) is 0. The first kappa shape index (κ1) is 7.73. The molecule has 74 valence electrons. The molecule has 0 fully saturated rings. The Balaban J connectivity index is 2.02. The molecule has 0 aromatic carbocycles. The van der Waals surface area contributed by atoms with E-state index in [0.29, 0.717) is 0 Å². The summed E-state index contributed by atoms with van der Waals surface area (Å²) < 4.78 is 11.3. The molecule has 0 radical (unpaired) electrons. The van der Waals surface area contributed by atoms with Crippen LogP contribution in [0.15, 0.2) is 21.6 Å². The van der Waals surface area contributed by atoms with Gasteiger partial charge in [0.25, 0.3) is 0 Å². The van der Waals surface area contributed by atoms with Gasteiger partial charge in [0.1, 0.15) is 6.33 Å². The second-order valence-corrected chi connectivity index (χ2v) is 2.39. The predicted molar refractivity (Wildman–Crippen MR) is 40.3 cm³/mol. The maximum atomic E-state index is 5.17. The topological polar surface area (TPSA) is 121 Å². The van der Waals surface area contributed by atoms with Gasteiger partial charge in [-0.1, -0.05) is 5.10 Å². The number of hydrogen-bond donors (Lipinski definition) is 0. The molecule has 3 aromatic rings. The monoisotopic (exact) mass is 206 g/mol. The fourth-order valence-corrected chi connectivity index (χ4v) is 0.910. The minimum Gasteiger partial charge on any atom is -0.420 e. The van der Waals surface area contributed by atoms with E-state index in [0.717, 1.165) is 6.39 Å². The van der Waals surface area contributed by atoms with E-state index in [1.807, 2.05) is 0 Å². The minimum atomic E-state index is 0.109. The predicted octanol–water partition coefficient (Wildman–Crippen LogP) is -0.905. The van der Waals surface area contributed by atoms with Crippen molar-refractivity contribution in [3.63, 3.8) is 0 Å². The van der Waals surface area contributed by atoms with Crippen LogP contribution in [0.5, 0.6) is 0 Å². The third-order valence-electron chi connectivity index (χ3n) is 1.50. The van der Waals surface area contributed by atoms with E-state index < -0.39 is 0 Å². The van der Waals surface area contributed by atoms with Gasteiger partial charge in [-0.15, -0.1) is 25.1 Å². The molecule has 10 nitrogen and oxygen atoms in total. The normalized spacial score (nSPS) is 10.7. The van der Waals surface area contributed by atoms with Gasteiger partial charge in [0.2, 0.25) is 6.39 Å². The lowest BCUT2D eigenvalue weighted by Crippen LogP contribution is -1.94. The Morgan fingerprint density at radius 1 is 1.07 bits per heavy atom. The lowest BCUT2D eigenvalue weighted by atomic mass is 10.7. The first-order valence-electron chi connectivity index (χ1n) is 3.77. The van der Waals surface area contributed by atoms with Crippen molar-refractivity contribution in [3.05, 3.63) is 12.7 Å². The largest absolute Gasteiger partial charge is 0.420 e. The zero-order valence-electron chi connectivity index (χ0n) is 7.05. The lowest BCUT2D eigenvalue weighted by molar-refractivity contribution is 0.482. The molecule has 10 heteroatoms. The molecule has 0 atom stereocenters. The summed E-state index contributed by atoms with van der Waals surface area (Å²) in [4.78, 5) is 0. The van der Waals surface area contributed by atoms with Crippen LogP contribution in [0.1, 0.15) is 0 Å². The summed E-state index contributed by atoms with van der Waals surface area (Å²) in [5, 5.41) is 24.9. The average molecular weight is 206 g/mol. The summed E-state index contributed by atoms with van der Waals surface area (Å²) in [6.45, 7) is 0. The van der Waals surface area contributed by atoms with Crippen molar-refractivity contribution in [2.45, 2.75) is 0 Å². The van der Waals surface area contributed by atoms with Gasteiger partial charge < -0.3 is 8.83 Å². The second kappa shape index (κ2) is 2.94. The van der Waals surface area contributed by atoms with E-state index in [-0.39, 0.29) is 17.8 Å². The van der Waals surface area contributed by atoms with Crippen LogP contribution in [0.25, 0.3) is 17.8 Å². The maximum absolute atomic E-state index is 5.17. The lowest BCUT2D eigenvalue weighted by Gasteiger charge is -1.85. The average Bonchev–Trinajstić information content (AvgIpc) is 3.02. The SMILES string of the molecule is c1nnc(-c2nnc(-n3cnnn3)o2)o1. The number of rotatable bonds is 2. The highest BCUT2D eigenvalue weighted by molar-refractivity contribution is 5.34. The quantitative estimate of drug-likeness (QED) is 0.524. The smallest absolute Gasteiger partial charge is 0.347 e. The van der Waals surface area contributed by atoms with Crippen LogP contribution < -0.4 is 0 Å². The Bertz CT molecular complexity index is 491. The summed E-state index contributed by atoms with van der Waals surface area (Å²) in [5.74, 6) is 0.250. The van der Waals surface area contributed by atoms with E-state index in [1.54, 1.807) is 0 Å². The summed E-state index contributed by atoms with van der Waals surface area (Å²) >= 11 is 0. The van der Waals surface area contributed by atoms with Gasteiger partial charge >= 0.3 is 17.8 Å². The van der Waals surface area contributed by atoms with Gasteiger partial charge in [0, 0.05) is 0 Å². The fourth-order valence-electron chi connectivity index (χ4n) is 0.910. The first-order chi connectivity index (χ1) is 7.43. The minimum absolute atomic E-state index is 0.109. The van der Waals surface area contributed by atoms with E-state index >= 15 is 0 Å². The molecule has 3 rings (SSSR count). The number of hydrogen-bond acceptors (Lipinski definition) is 9. The van der Waals surface area contributed by atoms with Crippen LogP contribution in [-0.2, 0) is 0 Å². The zero-order chi connectivity index (χ0) is 10.1. The molecule has 3 heterocycles. The molecule has 0 amide bonds. The van der Waals surface area contributed by atoms with Crippen LogP contribution in [-0.4, -0.2) is 40.6 Å². The zero-order valence-corrected chi connectivity index (χ0v) is 7.05. The Morgan fingerprint density at radius 3 is 2.80 bits per heavy atom. The molecule has 0 unspecified atom stereocenters. The van der Waals surface area contributed by atoms with Gasteiger partial charge in [0.15, 0.2) is 0 Å². The van der Waals surface area contributed by atoms with Crippen LogP contribution in [0.3, 0.4) is 0 Å². The van der Waals surface area contributed by atoms with Crippen LogP contribution >= 0.6 is 0 Å². The molecular formula is C5H2N8O2. The molecule has 0 saturated carbocycles. The summed E-state index contributed by atoms with van der Waals surface area (Å²) in [5.41, 5.74) is 0. The number of aromatic nitrogens is 8. The van der Waals surface area contributed by atoms with Gasteiger partial charge in [-0.3, -0.25) is 0 Å². The Hall–Kier alpha value is -2.65. The third-order valence-corrected chi connectivity index (χ3v) is 1.50. The highest BCUT2D eigenvalue weighted by atomic mass is 16.4. The van der Waals surface area contributed by atoms with E-state index in [1.165, 1.54) is 11.0 Å². The van der Waals surface area contributed by atoms with E-state index in [9.17, 15) is 0 Å². The van der Waals surface area contributed by atoms with Crippen LogP contribution in [0.2, 0.25) is 0 Å². The molecule has 3 aromatic heterocycles. The van der Waals surface area contributed by atoms with Crippen molar-refractivity contribution >= 4 is 0 Å². The highest BCUT2D eigenvalue weighted by Gasteiger charge is 2.14. The second-order valence-electron chi connectivity index (χ2n) is 2.39. The first-order valence-corrected chi connectivity index (χ1v) is 3.77. The van der Waals surface area contributed by atoms with Crippen molar-refractivity contribution in [1.82, 2.24) is 40.6 Å². The molecule has 0 bridgehead atoms. The number of tetrazole rings is 1. The standard InChI is InChI=1S/C5H2N8O2/c1-6-11-12-13(1)5-10-9-4(15-5)3-8-7-2-14-3/h1-2H. The fraction of sp³-hybridized carbons (Fsp3) is 0. The van der Waals surface area contributed by atoms with Crippen LogP contribution in [0, 0.1) is 0 Å². The van der Waals surface area contributed by atoms with Crippen molar-refractivity contribution in [3.8, 4) is 17.8 Å². The Labute approximate surface area is 80.9 Å². The van der Waals surface area contributed by atoms with Gasteiger partial charge in [-0.25, -0.2) is 0 Å². The summed E-state index contributed by atoms with van der Waals surface area (Å²) in [6, 6.07) is 0.119. The van der Waals surface area contributed by atoms with Gasteiger partial charge in [0.05, 0.1) is 0 Å². The molecule has 15 heavy (non-hydrogen) atoms. The molecule has 0 aliphatic carbocycles. The van der Waals surface area contributed by atoms with Gasteiger partial charge in [-0.05, 0) is 10.4 Å². The molecule has 0 aliphatic rings. The highest BCUT2D eigenvalue weighted by Crippen LogP contribution is 2.14. The Kier molecular flexibility index (Phi) is 1.51. The molecule has 0 saturated heterocycles. The molecule has 0 spiro atoms. The molecule has 0 aliphatic heterocycles. The van der Waals surface area contributed by atoms with E-state index in [2.05, 4.69) is 35.9 Å². The van der Waals surface area contributed by atoms with E-state index in [4.69, 9.17) is 8.83 Å². The maximum Gasteiger partial charge on any atom is 0.347 e. The van der Waals surface area contributed by atoms with Crippen molar-refractivity contribution in [2.24, 2.45) is 0 Å². The third kappa shape index (κ3) is 1.23. The van der Waals surface area contributed by atoms with Crippen LogP contribution in [0.4, 0.5) is 0 Å². The number of nitrogens with zero attached hydrogens (tertiary/aromatic N) is 8. The molecule has 0 N–H and O–H groups in total. The summed E-state index contributed by atoms with van der Waals surface area (Å²) in [6.07, 6.45) is 2.49. The van der Waals surface area contributed by atoms with Crippen molar-refractivity contribution < 1.29 is 8.83 Å².